The van der Waals surface area contributed by atoms with Crippen molar-refractivity contribution in [3.63, 3.8) is 0 Å². The van der Waals surface area contributed by atoms with Crippen molar-refractivity contribution in [2.75, 3.05) is 0 Å². The maximum absolute atomic E-state index is 4.76. The molecule has 8 heteroatoms. The van der Waals surface area contributed by atoms with Crippen molar-refractivity contribution in [2.45, 2.75) is 13.8 Å². The molecule has 1 aromatic heterocycles. The maximum atomic E-state index is 4.76. The number of rotatable bonds is 6. The number of benzene rings is 2. The molecule has 3 aromatic rings. The Morgan fingerprint density at radius 2 is 1.07 bits per heavy atom. The summed E-state index contributed by atoms with van der Waals surface area (Å²) >= 11 is 0.194. The molecule has 1 heterocycles. The monoisotopic (exact) mass is 481 g/mol. The predicted molar refractivity (Wildman–Crippen MR) is 125 cm³/mol. The molecular weight excluding hydrogens is 461 g/mol. The van der Waals surface area contributed by atoms with E-state index in [-0.39, 0.29) is 13.1 Å². The molecule has 0 atom stereocenters. The van der Waals surface area contributed by atoms with Gasteiger partial charge >= 0.3 is 33.3 Å². The van der Waals surface area contributed by atoms with Gasteiger partial charge in [-0.05, 0) is 37.1 Å². The van der Waals surface area contributed by atoms with E-state index < -0.39 is 0 Å². The minimum atomic E-state index is 0.194. The van der Waals surface area contributed by atoms with E-state index in [0.29, 0.717) is 0 Å². The zero-order chi connectivity index (χ0) is 21.6. The standard InChI is InChI=1S/C22H21N5.2ClH.Fe/c1-17(26-23-15-19-9-5-3-6-10-19)21-13-14-22(25-21)18(2)27-24-16-20-11-7-4-8-12-20;;;/h3-16,25H,1-2H3;2*1H;/q;;;+2/p-2/b23-15-,24-16-,26-17+,27-18+;;;. The number of H-pyrrole nitrogens is 1. The van der Waals surface area contributed by atoms with Crippen molar-refractivity contribution in [1.29, 1.82) is 0 Å². The van der Waals surface area contributed by atoms with Crippen LogP contribution in [0, 0.1) is 0 Å². The van der Waals surface area contributed by atoms with Crippen LogP contribution in [0.15, 0.2) is 93.2 Å². The van der Waals surface area contributed by atoms with E-state index in [1.165, 1.54) is 0 Å². The Morgan fingerprint density at radius 1 is 0.700 bits per heavy atom. The van der Waals surface area contributed by atoms with E-state index in [0.717, 1.165) is 33.9 Å². The van der Waals surface area contributed by atoms with Crippen molar-refractivity contribution >= 4 is 44.0 Å². The van der Waals surface area contributed by atoms with Crippen molar-refractivity contribution in [3.05, 3.63) is 95.3 Å². The van der Waals surface area contributed by atoms with Gasteiger partial charge in [0.15, 0.2) is 0 Å². The predicted octanol–water partition coefficient (Wildman–Crippen LogP) is 6.08. The first-order chi connectivity index (χ1) is 14.6. The van der Waals surface area contributed by atoms with E-state index in [2.05, 4.69) is 25.4 Å². The zero-order valence-corrected chi connectivity index (χ0v) is 19.1. The summed E-state index contributed by atoms with van der Waals surface area (Å²) in [4.78, 5) is 3.30. The van der Waals surface area contributed by atoms with Gasteiger partial charge in [0.1, 0.15) is 0 Å². The minimum absolute atomic E-state index is 0.194. The number of aromatic nitrogens is 1. The normalized spacial score (nSPS) is 12.4. The van der Waals surface area contributed by atoms with E-state index in [1.54, 1.807) is 12.4 Å². The molecular formula is C22H21Cl2FeN5. The number of hydrogen-bond donors (Lipinski definition) is 1. The van der Waals surface area contributed by atoms with Crippen LogP contribution in [0.25, 0.3) is 0 Å². The molecule has 0 aliphatic carbocycles. The van der Waals surface area contributed by atoms with Gasteiger partial charge in [-0.2, -0.15) is 20.4 Å². The van der Waals surface area contributed by atoms with Crippen molar-refractivity contribution in [2.24, 2.45) is 20.4 Å². The van der Waals surface area contributed by atoms with Crippen molar-refractivity contribution < 1.29 is 13.1 Å². The van der Waals surface area contributed by atoms with Crippen LogP contribution in [0.5, 0.6) is 0 Å². The number of halogens is 2. The Labute approximate surface area is 191 Å². The molecule has 0 unspecified atom stereocenters. The average Bonchev–Trinajstić information content (AvgIpc) is 3.26. The van der Waals surface area contributed by atoms with Crippen molar-refractivity contribution in [3.8, 4) is 0 Å². The Balaban J connectivity index is 0.00000101. The van der Waals surface area contributed by atoms with Crippen LogP contribution >= 0.6 is 20.2 Å². The first kappa shape index (κ1) is 23.8. The summed E-state index contributed by atoms with van der Waals surface area (Å²) in [5.74, 6) is 0. The van der Waals surface area contributed by atoms with Gasteiger partial charge in [-0.15, -0.1) is 0 Å². The van der Waals surface area contributed by atoms with Gasteiger partial charge in [-0.1, -0.05) is 60.7 Å². The second-order valence-corrected chi connectivity index (χ2v) is 7.84. The van der Waals surface area contributed by atoms with Crippen LogP contribution in [0.4, 0.5) is 0 Å². The van der Waals surface area contributed by atoms with Crippen LogP contribution in [0.2, 0.25) is 0 Å². The fourth-order valence-electron chi connectivity index (χ4n) is 2.37. The number of nitrogens with one attached hydrogen (secondary N) is 1. The third kappa shape index (κ3) is 8.47. The van der Waals surface area contributed by atoms with Gasteiger partial charge < -0.3 is 4.98 Å². The quantitative estimate of drug-likeness (QED) is 0.252. The van der Waals surface area contributed by atoms with Crippen LogP contribution < -0.4 is 0 Å². The molecule has 1 N–H and O–H groups in total. The molecule has 3 rings (SSSR count). The third-order valence-electron chi connectivity index (χ3n) is 3.89. The van der Waals surface area contributed by atoms with E-state index >= 15 is 0 Å². The molecule has 0 spiro atoms. The molecule has 5 nitrogen and oxygen atoms in total. The Morgan fingerprint density at radius 3 is 1.43 bits per heavy atom. The first-order valence-electron chi connectivity index (χ1n) is 8.94. The molecule has 0 amide bonds. The summed E-state index contributed by atoms with van der Waals surface area (Å²) in [7, 11) is 9.53. The van der Waals surface area contributed by atoms with Crippen LogP contribution in [-0.2, 0) is 13.1 Å². The number of aromatic amines is 1. The topological polar surface area (TPSA) is 65.2 Å². The third-order valence-corrected chi connectivity index (χ3v) is 3.89. The molecule has 0 saturated carbocycles. The van der Waals surface area contributed by atoms with Gasteiger partial charge in [0.2, 0.25) is 0 Å². The number of hydrogen-bond acceptors (Lipinski definition) is 4. The molecule has 30 heavy (non-hydrogen) atoms. The molecule has 0 saturated heterocycles. The summed E-state index contributed by atoms with van der Waals surface area (Å²) < 4.78 is 0. The fourth-order valence-corrected chi connectivity index (χ4v) is 2.37. The van der Waals surface area contributed by atoms with Gasteiger partial charge in [0.25, 0.3) is 0 Å². The molecule has 0 bridgehead atoms. The Bertz CT molecular complexity index is 932. The Hall–Kier alpha value is -2.50. The average molecular weight is 482 g/mol. The second kappa shape index (κ2) is 13.7. The van der Waals surface area contributed by atoms with Gasteiger partial charge in [0, 0.05) is 0 Å². The summed E-state index contributed by atoms with van der Waals surface area (Å²) in [6.07, 6.45) is 3.47. The van der Waals surface area contributed by atoms with Crippen LogP contribution in [-0.4, -0.2) is 28.8 Å². The molecule has 0 fully saturated rings. The molecule has 2 aromatic carbocycles. The second-order valence-electron chi connectivity index (χ2n) is 6.02. The summed E-state index contributed by atoms with van der Waals surface area (Å²) in [5.41, 5.74) is 5.43. The molecule has 156 valence electrons. The molecule has 0 radical (unpaired) electrons. The molecule has 0 aliphatic rings. The molecule has 0 aliphatic heterocycles. The zero-order valence-electron chi connectivity index (χ0n) is 16.5. The van der Waals surface area contributed by atoms with Crippen molar-refractivity contribution in [1.82, 2.24) is 4.98 Å². The summed E-state index contributed by atoms with van der Waals surface area (Å²) in [5, 5.41) is 16.8. The fraction of sp³-hybridized carbons (Fsp3) is 0.0909. The van der Waals surface area contributed by atoms with E-state index in [4.69, 9.17) is 20.2 Å². The van der Waals surface area contributed by atoms with E-state index in [9.17, 15) is 0 Å². The number of nitrogens with zero attached hydrogens (tertiary/aromatic N) is 4. The summed E-state index contributed by atoms with van der Waals surface area (Å²) in [6, 6.07) is 23.7. The first-order valence-corrected chi connectivity index (χ1v) is 12.0. The van der Waals surface area contributed by atoms with Crippen LogP contribution in [0.1, 0.15) is 36.4 Å². The van der Waals surface area contributed by atoms with Gasteiger partial charge in [-0.25, -0.2) is 0 Å². The van der Waals surface area contributed by atoms with E-state index in [1.807, 2.05) is 86.6 Å². The van der Waals surface area contributed by atoms with Gasteiger partial charge in [0.05, 0.1) is 35.2 Å². The van der Waals surface area contributed by atoms with Crippen LogP contribution in [0.3, 0.4) is 0 Å². The van der Waals surface area contributed by atoms with Gasteiger partial charge in [-0.3, -0.25) is 0 Å². The SMILES string of the molecule is C/C(=N\N=C/c1ccccc1)c1ccc(/C(C)=N/N=C\c2ccccc2)[nH]1.[Cl][Fe][Cl]. The Kier molecular flexibility index (Phi) is 10.8. The summed E-state index contributed by atoms with van der Waals surface area (Å²) in [6.45, 7) is 3.83.